The van der Waals surface area contributed by atoms with E-state index in [1.807, 2.05) is 12.4 Å². The molecule has 2 N–H and O–H groups in total. The molecule has 0 saturated heterocycles. The third-order valence-corrected chi connectivity index (χ3v) is 3.20. The maximum absolute atomic E-state index is 4.03. The number of aromatic amines is 1. The lowest BCUT2D eigenvalue weighted by Gasteiger charge is -2.17. The number of hydrogen-bond acceptors (Lipinski definition) is 2. The van der Waals surface area contributed by atoms with Crippen LogP contribution in [0.4, 0.5) is 0 Å². The van der Waals surface area contributed by atoms with Crippen molar-refractivity contribution in [1.29, 1.82) is 0 Å². The molecule has 0 bridgehead atoms. The zero-order valence-electron chi connectivity index (χ0n) is 11.3. The molecule has 1 aromatic carbocycles. The van der Waals surface area contributed by atoms with Crippen LogP contribution in [0, 0.1) is 0 Å². The van der Waals surface area contributed by atoms with E-state index >= 15 is 0 Å². The molecule has 0 amide bonds. The number of hydrogen-bond donors (Lipinski definition) is 2. The van der Waals surface area contributed by atoms with Gasteiger partial charge in [-0.3, -0.25) is 5.10 Å². The molecular weight excluding hydrogens is 222 g/mol. The molecule has 0 aliphatic carbocycles. The molecule has 1 atom stereocenters. The first-order valence-electron chi connectivity index (χ1n) is 6.54. The van der Waals surface area contributed by atoms with E-state index in [0.717, 1.165) is 6.54 Å². The average molecular weight is 243 g/mol. The Kier molecular flexibility index (Phi) is 4.15. The summed E-state index contributed by atoms with van der Waals surface area (Å²) in [6.07, 6.45) is 3.83. The van der Waals surface area contributed by atoms with E-state index in [2.05, 4.69) is 60.6 Å². The fourth-order valence-corrected chi connectivity index (χ4v) is 2.12. The summed E-state index contributed by atoms with van der Waals surface area (Å²) in [4.78, 5) is 0. The van der Waals surface area contributed by atoms with Crippen molar-refractivity contribution in [3.05, 3.63) is 53.3 Å². The van der Waals surface area contributed by atoms with Gasteiger partial charge >= 0.3 is 0 Å². The van der Waals surface area contributed by atoms with Gasteiger partial charge in [0.15, 0.2) is 0 Å². The van der Waals surface area contributed by atoms with Crippen LogP contribution in [0.2, 0.25) is 0 Å². The van der Waals surface area contributed by atoms with Gasteiger partial charge in [0.05, 0.1) is 12.2 Å². The van der Waals surface area contributed by atoms with Gasteiger partial charge in [-0.15, -0.1) is 0 Å². The SMILES string of the molecule is CCNC(c1ccc(C(C)C)cc1)c1cn[nH]c1. The van der Waals surface area contributed by atoms with E-state index in [9.17, 15) is 0 Å². The predicted molar refractivity (Wildman–Crippen MR) is 74.6 cm³/mol. The monoisotopic (exact) mass is 243 g/mol. The van der Waals surface area contributed by atoms with Gasteiger partial charge < -0.3 is 5.32 Å². The molecule has 0 radical (unpaired) electrons. The normalized spacial score (nSPS) is 12.9. The predicted octanol–water partition coefficient (Wildman–Crippen LogP) is 3.23. The zero-order valence-corrected chi connectivity index (χ0v) is 11.3. The summed E-state index contributed by atoms with van der Waals surface area (Å²) in [5.41, 5.74) is 3.83. The van der Waals surface area contributed by atoms with Gasteiger partial charge in [0, 0.05) is 11.8 Å². The molecule has 2 aromatic rings. The van der Waals surface area contributed by atoms with Crippen molar-refractivity contribution in [2.45, 2.75) is 32.7 Å². The van der Waals surface area contributed by atoms with E-state index < -0.39 is 0 Å². The van der Waals surface area contributed by atoms with Gasteiger partial charge in [-0.2, -0.15) is 5.10 Å². The third kappa shape index (κ3) is 2.79. The Morgan fingerprint density at radius 3 is 2.28 bits per heavy atom. The van der Waals surface area contributed by atoms with Gasteiger partial charge in [-0.25, -0.2) is 0 Å². The van der Waals surface area contributed by atoms with Crippen LogP contribution in [-0.4, -0.2) is 16.7 Å². The molecule has 0 fully saturated rings. The van der Waals surface area contributed by atoms with E-state index in [1.54, 1.807) is 0 Å². The van der Waals surface area contributed by atoms with Gasteiger partial charge in [0.2, 0.25) is 0 Å². The third-order valence-electron chi connectivity index (χ3n) is 3.20. The zero-order chi connectivity index (χ0) is 13.0. The topological polar surface area (TPSA) is 40.7 Å². The number of benzene rings is 1. The minimum absolute atomic E-state index is 0.218. The van der Waals surface area contributed by atoms with E-state index in [0.29, 0.717) is 5.92 Å². The van der Waals surface area contributed by atoms with E-state index in [-0.39, 0.29) is 6.04 Å². The van der Waals surface area contributed by atoms with Crippen molar-refractivity contribution in [2.75, 3.05) is 6.54 Å². The van der Waals surface area contributed by atoms with Crippen LogP contribution in [-0.2, 0) is 0 Å². The quantitative estimate of drug-likeness (QED) is 0.846. The Labute approximate surface area is 109 Å². The largest absolute Gasteiger partial charge is 0.306 e. The molecule has 1 unspecified atom stereocenters. The number of rotatable bonds is 5. The first-order chi connectivity index (χ1) is 8.72. The van der Waals surface area contributed by atoms with Crippen LogP contribution in [0.25, 0.3) is 0 Å². The van der Waals surface area contributed by atoms with E-state index in [1.165, 1.54) is 16.7 Å². The van der Waals surface area contributed by atoms with Crippen molar-refractivity contribution in [3.63, 3.8) is 0 Å². The summed E-state index contributed by atoms with van der Waals surface area (Å²) < 4.78 is 0. The smallest absolute Gasteiger partial charge is 0.0607 e. The second-order valence-electron chi connectivity index (χ2n) is 4.84. The van der Waals surface area contributed by atoms with Crippen molar-refractivity contribution in [2.24, 2.45) is 0 Å². The summed E-state index contributed by atoms with van der Waals surface area (Å²) in [6.45, 7) is 7.48. The molecule has 18 heavy (non-hydrogen) atoms. The summed E-state index contributed by atoms with van der Waals surface area (Å²) in [7, 11) is 0. The molecule has 0 saturated carbocycles. The van der Waals surface area contributed by atoms with Gasteiger partial charge in [-0.05, 0) is 23.6 Å². The summed E-state index contributed by atoms with van der Waals surface area (Å²) >= 11 is 0. The minimum atomic E-state index is 0.218. The number of nitrogens with one attached hydrogen (secondary N) is 2. The molecule has 3 heteroatoms. The first-order valence-corrected chi connectivity index (χ1v) is 6.54. The van der Waals surface area contributed by atoms with Crippen LogP contribution in [0.15, 0.2) is 36.7 Å². The van der Waals surface area contributed by atoms with Crippen LogP contribution < -0.4 is 5.32 Å². The highest BCUT2D eigenvalue weighted by molar-refractivity contribution is 5.32. The van der Waals surface area contributed by atoms with Crippen molar-refractivity contribution in [3.8, 4) is 0 Å². The molecule has 0 aliphatic heterocycles. The lowest BCUT2D eigenvalue weighted by atomic mass is 9.97. The highest BCUT2D eigenvalue weighted by Crippen LogP contribution is 2.23. The Balaban J connectivity index is 2.26. The molecule has 0 spiro atoms. The van der Waals surface area contributed by atoms with Gasteiger partial charge in [0.1, 0.15) is 0 Å². The van der Waals surface area contributed by atoms with Gasteiger partial charge in [0.25, 0.3) is 0 Å². The highest BCUT2D eigenvalue weighted by atomic mass is 15.1. The Hall–Kier alpha value is -1.61. The molecule has 0 aliphatic rings. The summed E-state index contributed by atoms with van der Waals surface area (Å²) in [5, 5.41) is 10.4. The van der Waals surface area contributed by atoms with E-state index in [4.69, 9.17) is 0 Å². The van der Waals surface area contributed by atoms with Crippen molar-refractivity contribution < 1.29 is 0 Å². The van der Waals surface area contributed by atoms with Crippen LogP contribution >= 0.6 is 0 Å². The number of nitrogens with zero attached hydrogens (tertiary/aromatic N) is 1. The summed E-state index contributed by atoms with van der Waals surface area (Å²) in [6, 6.07) is 9.05. The first kappa shape index (κ1) is 12.8. The molecule has 1 heterocycles. The average Bonchev–Trinajstić information content (AvgIpc) is 2.90. The fourth-order valence-electron chi connectivity index (χ4n) is 2.12. The van der Waals surface area contributed by atoms with Crippen LogP contribution in [0.1, 0.15) is 49.4 Å². The number of aromatic nitrogens is 2. The molecular formula is C15H21N3. The summed E-state index contributed by atoms with van der Waals surface area (Å²) in [5.74, 6) is 0.575. The fraction of sp³-hybridized carbons (Fsp3) is 0.400. The van der Waals surface area contributed by atoms with Crippen molar-refractivity contribution in [1.82, 2.24) is 15.5 Å². The lowest BCUT2D eigenvalue weighted by molar-refractivity contribution is 0.630. The van der Waals surface area contributed by atoms with Crippen LogP contribution in [0.3, 0.4) is 0 Å². The molecule has 96 valence electrons. The maximum atomic E-state index is 4.03. The molecule has 3 nitrogen and oxygen atoms in total. The second-order valence-corrected chi connectivity index (χ2v) is 4.84. The highest BCUT2D eigenvalue weighted by Gasteiger charge is 2.13. The van der Waals surface area contributed by atoms with Crippen molar-refractivity contribution >= 4 is 0 Å². The molecule has 2 rings (SSSR count). The number of H-pyrrole nitrogens is 1. The lowest BCUT2D eigenvalue weighted by Crippen LogP contribution is -2.21. The molecule has 1 aromatic heterocycles. The maximum Gasteiger partial charge on any atom is 0.0607 e. The Morgan fingerprint density at radius 2 is 1.78 bits per heavy atom. The Bertz CT molecular complexity index is 457. The Morgan fingerprint density at radius 1 is 1.11 bits per heavy atom. The minimum Gasteiger partial charge on any atom is -0.306 e. The second kappa shape index (κ2) is 5.83. The van der Waals surface area contributed by atoms with Crippen LogP contribution in [0.5, 0.6) is 0 Å². The van der Waals surface area contributed by atoms with Gasteiger partial charge in [-0.1, -0.05) is 45.0 Å². The standard InChI is InChI=1S/C15H21N3/c1-4-16-15(14-9-17-18-10-14)13-7-5-12(6-8-13)11(2)3/h5-11,15-16H,4H2,1-3H3,(H,17,18).